The summed E-state index contributed by atoms with van der Waals surface area (Å²) in [6, 6.07) is 9.98. The van der Waals surface area contributed by atoms with Crippen molar-refractivity contribution < 1.29 is 19.0 Å². The molecule has 2 fully saturated rings. The monoisotopic (exact) mass is 357 g/mol. The Morgan fingerprint density at radius 3 is 2.69 bits per heavy atom. The first kappa shape index (κ1) is 17.2. The molecule has 0 radical (unpaired) electrons. The molecule has 1 aromatic heterocycles. The number of amides is 1. The highest BCUT2D eigenvalue weighted by molar-refractivity contribution is 5.81. The zero-order valence-electron chi connectivity index (χ0n) is 14.6. The smallest absolute Gasteiger partial charge is 0.252 e. The van der Waals surface area contributed by atoms with Crippen LogP contribution in [0.5, 0.6) is 0 Å². The summed E-state index contributed by atoms with van der Waals surface area (Å²) in [6.45, 7) is 2.59. The van der Waals surface area contributed by atoms with Crippen molar-refractivity contribution in [1.82, 2.24) is 15.1 Å². The maximum atomic E-state index is 13.0. The van der Waals surface area contributed by atoms with E-state index in [2.05, 4.69) is 10.2 Å². The number of aromatic amines is 1. The molecule has 26 heavy (non-hydrogen) atoms. The second kappa shape index (κ2) is 7.99. The molecule has 0 bridgehead atoms. The molecular weight excluding hydrogens is 334 g/mol. The van der Waals surface area contributed by atoms with E-state index in [1.165, 1.54) is 0 Å². The fourth-order valence-electron chi connectivity index (χ4n) is 3.39. The maximum absolute atomic E-state index is 13.0. The highest BCUT2D eigenvalue weighted by Gasteiger charge is 2.31. The van der Waals surface area contributed by atoms with Gasteiger partial charge >= 0.3 is 0 Å². The lowest BCUT2D eigenvalue weighted by Gasteiger charge is -2.27. The SMILES string of the molecule is O=C([C@H]1CCCO1)N(Cc1cn[nH]c1-c1ccccc1)CC1OCCO1. The third-order valence-electron chi connectivity index (χ3n) is 4.72. The van der Waals surface area contributed by atoms with Crippen molar-refractivity contribution in [2.24, 2.45) is 0 Å². The molecule has 0 spiro atoms. The molecular formula is C19H23N3O4. The van der Waals surface area contributed by atoms with Gasteiger partial charge in [-0.05, 0) is 18.4 Å². The molecule has 2 aliphatic rings. The Morgan fingerprint density at radius 1 is 1.15 bits per heavy atom. The number of hydrogen-bond acceptors (Lipinski definition) is 5. The van der Waals surface area contributed by atoms with Crippen LogP contribution >= 0.6 is 0 Å². The standard InChI is InChI=1S/C19H23N3O4/c23-19(16-7-4-8-24-16)22(13-17-25-9-10-26-17)12-15-11-20-21-18(15)14-5-2-1-3-6-14/h1-3,5-6,11,16-17H,4,7-10,12-13H2,(H,20,21)/t16-/m1/s1. The third-order valence-corrected chi connectivity index (χ3v) is 4.72. The van der Waals surface area contributed by atoms with Crippen LogP contribution in [0, 0.1) is 0 Å². The van der Waals surface area contributed by atoms with E-state index in [9.17, 15) is 4.79 Å². The molecule has 0 saturated carbocycles. The number of benzene rings is 1. The largest absolute Gasteiger partial charge is 0.368 e. The molecule has 1 amide bonds. The van der Waals surface area contributed by atoms with E-state index in [0.717, 1.165) is 29.7 Å². The molecule has 4 rings (SSSR count). The molecule has 7 heteroatoms. The van der Waals surface area contributed by atoms with Crippen molar-refractivity contribution in [1.29, 1.82) is 0 Å². The van der Waals surface area contributed by atoms with Crippen molar-refractivity contribution in [3.8, 4) is 11.3 Å². The van der Waals surface area contributed by atoms with Crippen molar-refractivity contribution in [2.45, 2.75) is 31.8 Å². The summed E-state index contributed by atoms with van der Waals surface area (Å²) < 4.78 is 16.7. The van der Waals surface area contributed by atoms with Crippen molar-refractivity contribution in [2.75, 3.05) is 26.4 Å². The number of hydrogen-bond donors (Lipinski definition) is 1. The Hall–Kier alpha value is -2.22. The topological polar surface area (TPSA) is 76.7 Å². The molecule has 3 heterocycles. The second-order valence-corrected chi connectivity index (χ2v) is 6.53. The van der Waals surface area contributed by atoms with Crippen molar-refractivity contribution >= 4 is 5.91 Å². The molecule has 2 aliphatic heterocycles. The molecule has 0 unspecified atom stereocenters. The Morgan fingerprint density at radius 2 is 1.96 bits per heavy atom. The highest BCUT2D eigenvalue weighted by atomic mass is 16.7. The van der Waals surface area contributed by atoms with Gasteiger partial charge in [-0.2, -0.15) is 5.10 Å². The minimum absolute atomic E-state index is 0.0122. The minimum atomic E-state index is -0.382. The number of ether oxygens (including phenoxy) is 3. The Bertz CT molecular complexity index is 721. The number of H-pyrrole nitrogens is 1. The molecule has 7 nitrogen and oxygen atoms in total. The van der Waals surface area contributed by atoms with Gasteiger partial charge in [0.05, 0.1) is 31.6 Å². The average molecular weight is 357 g/mol. The number of aromatic nitrogens is 2. The highest BCUT2D eigenvalue weighted by Crippen LogP contribution is 2.24. The quantitative estimate of drug-likeness (QED) is 0.855. The van der Waals surface area contributed by atoms with Crippen LogP contribution in [0.2, 0.25) is 0 Å². The van der Waals surface area contributed by atoms with E-state index in [-0.39, 0.29) is 18.3 Å². The maximum Gasteiger partial charge on any atom is 0.252 e. The van der Waals surface area contributed by atoms with E-state index in [1.54, 1.807) is 11.1 Å². The van der Waals surface area contributed by atoms with Crippen LogP contribution in [0.3, 0.4) is 0 Å². The Balaban J connectivity index is 1.54. The third kappa shape index (κ3) is 3.80. The van der Waals surface area contributed by atoms with Crippen LogP contribution in [0.25, 0.3) is 11.3 Å². The normalized spacial score (nSPS) is 20.5. The van der Waals surface area contributed by atoms with Gasteiger partial charge in [-0.1, -0.05) is 30.3 Å². The van der Waals surface area contributed by atoms with Gasteiger partial charge in [0.25, 0.3) is 5.91 Å². The number of carbonyl (C=O) groups excluding carboxylic acids is 1. The lowest BCUT2D eigenvalue weighted by atomic mass is 10.1. The summed E-state index contributed by atoms with van der Waals surface area (Å²) in [7, 11) is 0. The first-order chi connectivity index (χ1) is 12.8. The number of nitrogens with one attached hydrogen (secondary N) is 1. The van der Waals surface area contributed by atoms with Gasteiger partial charge in [0.15, 0.2) is 6.29 Å². The molecule has 2 aromatic rings. The summed E-state index contributed by atoms with van der Waals surface area (Å²) in [5, 5.41) is 7.23. The summed E-state index contributed by atoms with van der Waals surface area (Å²) in [5.74, 6) is -0.0122. The van der Waals surface area contributed by atoms with Crippen LogP contribution in [-0.2, 0) is 25.5 Å². The van der Waals surface area contributed by atoms with E-state index in [0.29, 0.717) is 32.9 Å². The Kier molecular flexibility index (Phi) is 5.29. The van der Waals surface area contributed by atoms with Gasteiger partial charge in [0, 0.05) is 18.7 Å². The van der Waals surface area contributed by atoms with Crippen molar-refractivity contribution in [3.05, 3.63) is 42.1 Å². The molecule has 2 saturated heterocycles. The first-order valence-electron chi connectivity index (χ1n) is 9.02. The molecule has 1 aromatic carbocycles. The molecule has 1 N–H and O–H groups in total. The fraction of sp³-hybridized carbons (Fsp3) is 0.474. The number of nitrogens with zero attached hydrogens (tertiary/aromatic N) is 2. The van der Waals surface area contributed by atoms with Crippen LogP contribution < -0.4 is 0 Å². The van der Waals surface area contributed by atoms with Gasteiger partial charge in [-0.3, -0.25) is 9.89 Å². The lowest BCUT2D eigenvalue weighted by Crippen LogP contribution is -2.43. The summed E-state index contributed by atoms with van der Waals surface area (Å²) in [5.41, 5.74) is 2.92. The minimum Gasteiger partial charge on any atom is -0.368 e. The van der Waals surface area contributed by atoms with Crippen molar-refractivity contribution in [3.63, 3.8) is 0 Å². The summed E-state index contributed by atoms with van der Waals surface area (Å²) in [4.78, 5) is 14.7. The average Bonchev–Trinajstić information content (AvgIpc) is 3.44. The van der Waals surface area contributed by atoms with Gasteiger partial charge in [0.2, 0.25) is 0 Å². The number of carbonyl (C=O) groups is 1. The predicted octanol–water partition coefficient (Wildman–Crippen LogP) is 1.96. The van der Waals surface area contributed by atoms with Gasteiger partial charge in [-0.15, -0.1) is 0 Å². The zero-order chi connectivity index (χ0) is 17.8. The number of rotatable bonds is 6. The summed E-state index contributed by atoms with van der Waals surface area (Å²) in [6.07, 6.45) is 2.70. The Labute approximate surface area is 152 Å². The summed E-state index contributed by atoms with van der Waals surface area (Å²) >= 11 is 0. The first-order valence-corrected chi connectivity index (χ1v) is 9.02. The molecule has 0 aliphatic carbocycles. The van der Waals surface area contributed by atoms with Gasteiger partial charge in [0.1, 0.15) is 6.10 Å². The van der Waals surface area contributed by atoms with E-state index in [4.69, 9.17) is 14.2 Å². The predicted molar refractivity (Wildman–Crippen MR) is 94.1 cm³/mol. The van der Waals surface area contributed by atoms with E-state index >= 15 is 0 Å². The lowest BCUT2D eigenvalue weighted by molar-refractivity contribution is -0.147. The second-order valence-electron chi connectivity index (χ2n) is 6.53. The van der Waals surface area contributed by atoms with Gasteiger partial charge < -0.3 is 19.1 Å². The molecule has 138 valence electrons. The van der Waals surface area contributed by atoms with Gasteiger partial charge in [-0.25, -0.2) is 0 Å². The van der Waals surface area contributed by atoms with E-state index in [1.807, 2.05) is 30.3 Å². The zero-order valence-corrected chi connectivity index (χ0v) is 14.6. The van der Waals surface area contributed by atoms with Crippen LogP contribution in [0.1, 0.15) is 18.4 Å². The molecule has 1 atom stereocenters. The van der Waals surface area contributed by atoms with Crippen LogP contribution in [-0.4, -0.2) is 59.8 Å². The van der Waals surface area contributed by atoms with E-state index < -0.39 is 0 Å². The fourth-order valence-corrected chi connectivity index (χ4v) is 3.39. The van der Waals surface area contributed by atoms with Crippen LogP contribution in [0.4, 0.5) is 0 Å². The van der Waals surface area contributed by atoms with Crippen LogP contribution in [0.15, 0.2) is 36.5 Å².